The summed E-state index contributed by atoms with van der Waals surface area (Å²) in [6.45, 7) is 4.18. The van der Waals surface area contributed by atoms with Crippen molar-refractivity contribution in [2.45, 2.75) is 19.4 Å². The van der Waals surface area contributed by atoms with Crippen LogP contribution in [0.4, 0.5) is 11.4 Å². The van der Waals surface area contributed by atoms with Gasteiger partial charge in [-0.15, -0.1) is 0 Å². The second kappa shape index (κ2) is 5.48. The molecule has 0 saturated carbocycles. The van der Waals surface area contributed by atoms with E-state index in [0.717, 1.165) is 36.6 Å². The highest BCUT2D eigenvalue weighted by Gasteiger charge is 2.26. The van der Waals surface area contributed by atoms with Gasteiger partial charge < -0.3 is 20.1 Å². The fourth-order valence-electron chi connectivity index (χ4n) is 2.48. The highest BCUT2D eigenvalue weighted by Crippen LogP contribution is 2.29. The van der Waals surface area contributed by atoms with Crippen molar-refractivity contribution in [2.75, 3.05) is 37.9 Å². The number of hydrogen-bond donors (Lipinski definition) is 1. The van der Waals surface area contributed by atoms with Crippen LogP contribution in [-0.2, 0) is 4.74 Å². The van der Waals surface area contributed by atoms with Crippen LogP contribution >= 0.6 is 0 Å². The van der Waals surface area contributed by atoms with Crippen LogP contribution in [0.1, 0.15) is 13.3 Å². The molecule has 1 aromatic carbocycles. The van der Waals surface area contributed by atoms with Crippen molar-refractivity contribution in [1.29, 1.82) is 0 Å². The van der Waals surface area contributed by atoms with Crippen molar-refractivity contribution in [3.63, 3.8) is 0 Å². The first-order chi connectivity index (χ1) is 8.63. The van der Waals surface area contributed by atoms with Crippen molar-refractivity contribution < 1.29 is 9.47 Å². The number of ether oxygens (including phenoxy) is 2. The Morgan fingerprint density at radius 1 is 1.28 bits per heavy atom. The minimum atomic E-state index is 0.283. The smallest absolute Gasteiger partial charge is 0.122 e. The van der Waals surface area contributed by atoms with Gasteiger partial charge >= 0.3 is 0 Å². The molecule has 1 fully saturated rings. The Labute approximate surface area is 109 Å². The molecule has 1 heterocycles. The van der Waals surface area contributed by atoms with Crippen molar-refractivity contribution in [3.8, 4) is 5.75 Å². The van der Waals surface area contributed by atoms with E-state index in [-0.39, 0.29) is 6.10 Å². The summed E-state index contributed by atoms with van der Waals surface area (Å²) < 4.78 is 10.8. The monoisotopic (exact) mass is 250 g/mol. The van der Waals surface area contributed by atoms with E-state index in [1.165, 1.54) is 0 Å². The maximum atomic E-state index is 5.90. The van der Waals surface area contributed by atoms with Crippen LogP contribution in [0, 0.1) is 5.92 Å². The largest absolute Gasteiger partial charge is 0.497 e. The highest BCUT2D eigenvalue weighted by molar-refractivity contribution is 5.60. The standard InChI is InChI=1S/C14H22N2O2/c1-10-4-5-16(9-14(10)18-3)12-6-11(15)7-13(8-12)17-2/h6-8,10,14H,4-5,9,15H2,1-3H3. The number of nitrogen functional groups attached to an aromatic ring is 1. The number of rotatable bonds is 3. The van der Waals surface area contributed by atoms with Gasteiger partial charge in [-0.3, -0.25) is 0 Å². The third kappa shape index (κ3) is 2.70. The molecule has 1 saturated heterocycles. The summed E-state index contributed by atoms with van der Waals surface area (Å²) in [5.41, 5.74) is 7.74. The molecule has 4 nitrogen and oxygen atoms in total. The molecule has 1 aliphatic heterocycles. The molecule has 2 rings (SSSR count). The van der Waals surface area contributed by atoms with E-state index < -0.39 is 0 Å². The third-order valence-corrected chi connectivity index (χ3v) is 3.71. The van der Waals surface area contributed by atoms with Crippen LogP contribution in [0.2, 0.25) is 0 Å². The van der Waals surface area contributed by atoms with Crippen molar-refractivity contribution in [3.05, 3.63) is 18.2 Å². The number of anilines is 2. The molecule has 2 atom stereocenters. The average molecular weight is 250 g/mol. The fraction of sp³-hybridized carbons (Fsp3) is 0.571. The SMILES string of the molecule is COc1cc(N)cc(N2CCC(C)C(OC)C2)c1. The second-order valence-corrected chi connectivity index (χ2v) is 4.95. The molecule has 18 heavy (non-hydrogen) atoms. The van der Waals surface area contributed by atoms with Crippen molar-refractivity contribution in [1.82, 2.24) is 0 Å². The summed E-state index contributed by atoms with van der Waals surface area (Å²) in [4.78, 5) is 2.31. The Morgan fingerprint density at radius 3 is 2.72 bits per heavy atom. The number of hydrogen-bond acceptors (Lipinski definition) is 4. The van der Waals surface area contributed by atoms with Crippen LogP contribution in [0.5, 0.6) is 5.75 Å². The molecule has 4 heteroatoms. The Kier molecular flexibility index (Phi) is 3.97. The Hall–Kier alpha value is -1.42. The van der Waals surface area contributed by atoms with Crippen molar-refractivity contribution in [2.24, 2.45) is 5.92 Å². The van der Waals surface area contributed by atoms with Gasteiger partial charge in [0.25, 0.3) is 0 Å². The predicted octanol–water partition coefficient (Wildman–Crippen LogP) is 2.14. The molecule has 1 aliphatic rings. The molecule has 0 spiro atoms. The first-order valence-corrected chi connectivity index (χ1v) is 6.36. The number of methoxy groups -OCH3 is 2. The van der Waals surface area contributed by atoms with Crippen LogP contribution in [0.3, 0.4) is 0 Å². The topological polar surface area (TPSA) is 47.7 Å². The molecular formula is C14H22N2O2. The average Bonchev–Trinajstić information content (AvgIpc) is 2.38. The highest BCUT2D eigenvalue weighted by atomic mass is 16.5. The second-order valence-electron chi connectivity index (χ2n) is 4.95. The Balaban J connectivity index is 2.18. The van der Waals surface area contributed by atoms with Gasteiger partial charge in [-0.1, -0.05) is 6.92 Å². The zero-order valence-corrected chi connectivity index (χ0v) is 11.3. The van der Waals surface area contributed by atoms with E-state index in [2.05, 4.69) is 11.8 Å². The molecule has 0 radical (unpaired) electrons. The van der Waals surface area contributed by atoms with E-state index in [0.29, 0.717) is 5.92 Å². The van der Waals surface area contributed by atoms with E-state index in [1.807, 2.05) is 18.2 Å². The number of nitrogens with two attached hydrogens (primary N) is 1. The zero-order valence-electron chi connectivity index (χ0n) is 11.3. The first-order valence-electron chi connectivity index (χ1n) is 6.36. The minimum Gasteiger partial charge on any atom is -0.497 e. The minimum absolute atomic E-state index is 0.283. The summed E-state index contributed by atoms with van der Waals surface area (Å²) >= 11 is 0. The molecule has 0 amide bonds. The van der Waals surface area contributed by atoms with E-state index >= 15 is 0 Å². The maximum absolute atomic E-state index is 5.90. The number of nitrogens with zero attached hydrogens (tertiary/aromatic N) is 1. The Bertz CT molecular complexity index is 409. The number of benzene rings is 1. The van der Waals surface area contributed by atoms with E-state index in [1.54, 1.807) is 14.2 Å². The first kappa shape index (κ1) is 13.0. The van der Waals surface area contributed by atoms with E-state index in [9.17, 15) is 0 Å². The number of piperidine rings is 1. The van der Waals surface area contributed by atoms with Crippen LogP contribution in [0.15, 0.2) is 18.2 Å². The zero-order chi connectivity index (χ0) is 13.1. The van der Waals surface area contributed by atoms with Gasteiger partial charge in [0.2, 0.25) is 0 Å². The van der Waals surface area contributed by atoms with Crippen LogP contribution in [-0.4, -0.2) is 33.4 Å². The van der Waals surface area contributed by atoms with Crippen LogP contribution in [0.25, 0.3) is 0 Å². The van der Waals surface area contributed by atoms with Gasteiger partial charge in [0, 0.05) is 43.7 Å². The van der Waals surface area contributed by atoms with Crippen molar-refractivity contribution >= 4 is 11.4 Å². The summed E-state index contributed by atoms with van der Waals surface area (Å²) in [6.07, 6.45) is 1.42. The lowest BCUT2D eigenvalue weighted by Gasteiger charge is -2.37. The van der Waals surface area contributed by atoms with Gasteiger partial charge in [0.05, 0.1) is 13.2 Å². The lowest BCUT2D eigenvalue weighted by atomic mass is 9.95. The molecule has 0 aromatic heterocycles. The van der Waals surface area contributed by atoms with Crippen LogP contribution < -0.4 is 15.4 Å². The fourth-order valence-corrected chi connectivity index (χ4v) is 2.48. The van der Waals surface area contributed by atoms with Gasteiger partial charge in [-0.25, -0.2) is 0 Å². The van der Waals surface area contributed by atoms with E-state index in [4.69, 9.17) is 15.2 Å². The third-order valence-electron chi connectivity index (χ3n) is 3.71. The molecule has 2 N–H and O–H groups in total. The summed E-state index contributed by atoms with van der Waals surface area (Å²) in [5, 5.41) is 0. The lowest BCUT2D eigenvalue weighted by molar-refractivity contribution is 0.0498. The Morgan fingerprint density at radius 2 is 2.06 bits per heavy atom. The van der Waals surface area contributed by atoms with Gasteiger partial charge in [-0.05, 0) is 18.4 Å². The summed E-state index contributed by atoms with van der Waals surface area (Å²) in [5.74, 6) is 1.41. The lowest BCUT2D eigenvalue weighted by Crippen LogP contribution is -2.43. The molecule has 0 bridgehead atoms. The molecular weight excluding hydrogens is 228 g/mol. The molecule has 100 valence electrons. The molecule has 2 unspecified atom stereocenters. The van der Waals surface area contributed by atoms with Gasteiger partial charge in [-0.2, -0.15) is 0 Å². The normalized spacial score (nSPS) is 24.1. The molecule has 0 aliphatic carbocycles. The van der Waals surface area contributed by atoms with Gasteiger partial charge in [0.15, 0.2) is 0 Å². The maximum Gasteiger partial charge on any atom is 0.122 e. The van der Waals surface area contributed by atoms with Gasteiger partial charge in [0.1, 0.15) is 5.75 Å². The summed E-state index contributed by atoms with van der Waals surface area (Å²) in [6, 6.07) is 5.86. The quantitative estimate of drug-likeness (QED) is 0.835. The molecule has 1 aromatic rings. The predicted molar refractivity (Wildman–Crippen MR) is 74.2 cm³/mol. The summed E-state index contributed by atoms with van der Waals surface area (Å²) in [7, 11) is 3.44.